The van der Waals surface area contributed by atoms with E-state index in [4.69, 9.17) is 0 Å². The molecule has 2 nitrogen and oxygen atoms in total. The van der Waals surface area contributed by atoms with E-state index in [0.29, 0.717) is 5.92 Å². The molecule has 0 aromatic heterocycles. The molecule has 0 radical (unpaired) electrons. The summed E-state index contributed by atoms with van der Waals surface area (Å²) in [6, 6.07) is 0. The second kappa shape index (κ2) is 15.7. The Bertz CT molecular complexity index is 324. The second-order valence-corrected chi connectivity index (χ2v) is 8.32. The lowest BCUT2D eigenvalue weighted by Crippen LogP contribution is -2.28. The molecule has 0 spiro atoms. The van der Waals surface area contributed by atoms with Gasteiger partial charge in [0.05, 0.1) is 12.4 Å². The molecule has 0 aliphatic carbocycles. The maximum Gasteiger partial charge on any atom is 0.0995 e. The number of aliphatic imine (C=N–C) groups is 1. The molecule has 0 saturated carbocycles. The Morgan fingerprint density at radius 3 is 1.88 bits per heavy atom. The van der Waals surface area contributed by atoms with Gasteiger partial charge in [0, 0.05) is 12.5 Å². The van der Waals surface area contributed by atoms with E-state index in [1.54, 1.807) is 0 Å². The molecule has 1 N–H and O–H groups in total. The maximum atomic E-state index is 4.63. The molecule has 1 aliphatic heterocycles. The molecule has 1 aliphatic rings. The van der Waals surface area contributed by atoms with Gasteiger partial charge in [-0.05, 0) is 18.8 Å². The average molecular weight is 351 g/mol. The van der Waals surface area contributed by atoms with Crippen LogP contribution in [-0.2, 0) is 0 Å². The summed E-state index contributed by atoms with van der Waals surface area (Å²) >= 11 is 0. The molecule has 148 valence electrons. The van der Waals surface area contributed by atoms with Crippen LogP contribution in [-0.4, -0.2) is 18.9 Å². The first kappa shape index (κ1) is 22.5. The predicted molar refractivity (Wildman–Crippen MR) is 114 cm³/mol. The lowest BCUT2D eigenvalue weighted by Gasteiger charge is -2.20. The normalized spacial score (nSPS) is 16.5. The van der Waals surface area contributed by atoms with Crippen molar-refractivity contribution in [1.82, 2.24) is 5.32 Å². The fourth-order valence-corrected chi connectivity index (χ4v) is 4.10. The largest absolute Gasteiger partial charge is 0.372 e. The van der Waals surface area contributed by atoms with E-state index >= 15 is 0 Å². The maximum absolute atomic E-state index is 4.63. The smallest absolute Gasteiger partial charge is 0.0995 e. The van der Waals surface area contributed by atoms with Crippen LogP contribution >= 0.6 is 0 Å². The summed E-state index contributed by atoms with van der Waals surface area (Å²) in [5, 5.41) is 3.48. The molecule has 25 heavy (non-hydrogen) atoms. The zero-order chi connectivity index (χ0) is 18.2. The highest BCUT2D eigenvalue weighted by Crippen LogP contribution is 2.22. The third kappa shape index (κ3) is 11.7. The molecule has 2 unspecified atom stereocenters. The fourth-order valence-electron chi connectivity index (χ4n) is 4.10. The van der Waals surface area contributed by atoms with Gasteiger partial charge >= 0.3 is 0 Å². The van der Waals surface area contributed by atoms with E-state index in [1.165, 1.54) is 102 Å². The Balaban J connectivity index is 1.88. The van der Waals surface area contributed by atoms with Crippen LogP contribution in [0.1, 0.15) is 117 Å². The van der Waals surface area contributed by atoms with Crippen molar-refractivity contribution in [2.45, 2.75) is 117 Å². The Kier molecular flexibility index (Phi) is 14.1. The van der Waals surface area contributed by atoms with E-state index < -0.39 is 0 Å². The highest BCUT2D eigenvalue weighted by Gasteiger charge is 2.19. The fraction of sp³-hybridized carbons (Fsp3) is 0.957. The topological polar surface area (TPSA) is 24.4 Å². The van der Waals surface area contributed by atoms with Gasteiger partial charge in [0.2, 0.25) is 0 Å². The van der Waals surface area contributed by atoms with Crippen LogP contribution < -0.4 is 5.32 Å². The molecule has 0 amide bonds. The molecule has 0 aromatic rings. The van der Waals surface area contributed by atoms with Gasteiger partial charge in [-0.2, -0.15) is 0 Å². The van der Waals surface area contributed by atoms with Crippen molar-refractivity contribution in [1.29, 1.82) is 0 Å². The summed E-state index contributed by atoms with van der Waals surface area (Å²) in [5.41, 5.74) is 0. The van der Waals surface area contributed by atoms with Gasteiger partial charge in [-0.15, -0.1) is 0 Å². The first-order valence-electron chi connectivity index (χ1n) is 11.6. The molecule has 2 atom stereocenters. The zero-order valence-corrected chi connectivity index (χ0v) is 17.6. The van der Waals surface area contributed by atoms with Crippen LogP contribution in [0.5, 0.6) is 0 Å². The van der Waals surface area contributed by atoms with E-state index in [-0.39, 0.29) is 0 Å². The van der Waals surface area contributed by atoms with Gasteiger partial charge in [0.1, 0.15) is 0 Å². The monoisotopic (exact) mass is 350 g/mol. The number of nitrogens with zero attached hydrogens (tertiary/aromatic N) is 1. The van der Waals surface area contributed by atoms with Crippen LogP contribution in [0.2, 0.25) is 0 Å². The van der Waals surface area contributed by atoms with Crippen molar-refractivity contribution in [3.8, 4) is 0 Å². The van der Waals surface area contributed by atoms with E-state index in [2.05, 4.69) is 31.1 Å². The molecule has 0 fully saturated rings. The van der Waals surface area contributed by atoms with Crippen molar-refractivity contribution in [3.63, 3.8) is 0 Å². The Morgan fingerprint density at radius 1 is 0.840 bits per heavy atom. The number of hydrogen-bond donors (Lipinski definition) is 1. The van der Waals surface area contributed by atoms with Crippen molar-refractivity contribution < 1.29 is 0 Å². The zero-order valence-electron chi connectivity index (χ0n) is 17.6. The van der Waals surface area contributed by atoms with Crippen LogP contribution in [0.3, 0.4) is 0 Å². The SMILES string of the molecule is CCCCCCCCCCCCCCC(C)CC(CC)C1=NCCN1. The first-order valence-corrected chi connectivity index (χ1v) is 11.6. The molecule has 2 heteroatoms. The Labute approximate surface area is 158 Å². The molecule has 0 aromatic carbocycles. The molecule has 1 heterocycles. The highest BCUT2D eigenvalue weighted by molar-refractivity contribution is 5.85. The van der Waals surface area contributed by atoms with Crippen molar-refractivity contribution in [3.05, 3.63) is 0 Å². The van der Waals surface area contributed by atoms with E-state index in [1.807, 2.05) is 0 Å². The van der Waals surface area contributed by atoms with Gasteiger partial charge < -0.3 is 5.32 Å². The summed E-state index contributed by atoms with van der Waals surface area (Å²) in [6.45, 7) is 9.09. The standard InChI is InChI=1S/C23H46N2/c1-4-6-7-8-9-10-11-12-13-14-15-16-17-21(3)20-22(5-2)23-24-18-19-25-23/h21-22H,4-20H2,1-3H3,(H,24,25). The summed E-state index contributed by atoms with van der Waals surface area (Å²) in [7, 11) is 0. The first-order chi connectivity index (χ1) is 12.3. The van der Waals surface area contributed by atoms with Crippen LogP contribution in [0.15, 0.2) is 4.99 Å². The summed E-state index contributed by atoms with van der Waals surface area (Å²) < 4.78 is 0. The van der Waals surface area contributed by atoms with Gasteiger partial charge in [-0.25, -0.2) is 0 Å². The van der Waals surface area contributed by atoms with Gasteiger partial charge in [0.25, 0.3) is 0 Å². The molecular formula is C23H46N2. The molecule has 0 saturated heterocycles. The number of nitrogens with one attached hydrogen (secondary N) is 1. The van der Waals surface area contributed by atoms with Crippen LogP contribution in [0, 0.1) is 11.8 Å². The second-order valence-electron chi connectivity index (χ2n) is 8.32. The molecular weight excluding hydrogens is 304 g/mol. The minimum absolute atomic E-state index is 0.676. The van der Waals surface area contributed by atoms with Crippen LogP contribution in [0.4, 0.5) is 0 Å². The van der Waals surface area contributed by atoms with Gasteiger partial charge in [-0.3, -0.25) is 4.99 Å². The van der Waals surface area contributed by atoms with E-state index in [0.717, 1.165) is 19.0 Å². The number of unbranched alkanes of at least 4 members (excludes halogenated alkanes) is 11. The van der Waals surface area contributed by atoms with E-state index in [9.17, 15) is 0 Å². The number of hydrogen-bond acceptors (Lipinski definition) is 2. The molecule has 0 bridgehead atoms. The van der Waals surface area contributed by atoms with Gasteiger partial charge in [-0.1, -0.05) is 104 Å². The Hall–Kier alpha value is -0.530. The number of rotatable bonds is 17. The van der Waals surface area contributed by atoms with Crippen LogP contribution in [0.25, 0.3) is 0 Å². The lowest BCUT2D eigenvalue weighted by molar-refractivity contribution is 0.405. The van der Waals surface area contributed by atoms with Crippen molar-refractivity contribution in [2.75, 3.05) is 13.1 Å². The number of amidine groups is 1. The average Bonchev–Trinajstić information content (AvgIpc) is 3.15. The summed E-state index contributed by atoms with van der Waals surface area (Å²) in [4.78, 5) is 4.63. The van der Waals surface area contributed by atoms with Gasteiger partial charge in [0.15, 0.2) is 0 Å². The quantitative estimate of drug-likeness (QED) is 0.277. The Morgan fingerprint density at radius 2 is 1.40 bits per heavy atom. The minimum atomic E-state index is 0.676. The summed E-state index contributed by atoms with van der Waals surface area (Å²) in [6.07, 6.45) is 21.3. The summed E-state index contributed by atoms with van der Waals surface area (Å²) in [5.74, 6) is 2.82. The highest BCUT2D eigenvalue weighted by atomic mass is 15.1. The van der Waals surface area contributed by atoms with Crippen molar-refractivity contribution in [2.24, 2.45) is 16.8 Å². The minimum Gasteiger partial charge on any atom is -0.372 e. The third-order valence-corrected chi connectivity index (χ3v) is 5.82. The van der Waals surface area contributed by atoms with Crippen molar-refractivity contribution >= 4 is 5.84 Å². The predicted octanol–water partition coefficient (Wildman–Crippen LogP) is 7.13. The lowest BCUT2D eigenvalue weighted by atomic mass is 9.89. The third-order valence-electron chi connectivity index (χ3n) is 5.82. The molecule has 1 rings (SSSR count).